The minimum atomic E-state index is -0.116. The van der Waals surface area contributed by atoms with E-state index in [2.05, 4.69) is 11.4 Å². The average molecular weight is 246 g/mol. The molecule has 1 aromatic carbocycles. The van der Waals surface area contributed by atoms with Crippen LogP contribution in [0.25, 0.3) is 0 Å². The number of nitrogens with one attached hydrogen (secondary N) is 1. The first kappa shape index (κ1) is 12.9. The quantitative estimate of drug-likeness (QED) is 0.767. The van der Waals surface area contributed by atoms with E-state index in [-0.39, 0.29) is 12.6 Å². The summed E-state index contributed by atoms with van der Waals surface area (Å²) in [7, 11) is 0. The van der Waals surface area contributed by atoms with Crippen molar-refractivity contribution in [1.82, 2.24) is 5.32 Å². The molecule has 0 bridgehead atoms. The van der Waals surface area contributed by atoms with Crippen LogP contribution < -0.4 is 10.1 Å². The van der Waals surface area contributed by atoms with Crippen molar-refractivity contribution in [3.05, 3.63) is 29.8 Å². The maximum absolute atomic E-state index is 8.97. The molecule has 1 saturated carbocycles. The fraction of sp³-hybridized carbons (Fsp3) is 0.500. The van der Waals surface area contributed by atoms with Gasteiger partial charge in [-0.15, -0.1) is 0 Å². The predicted octanol–water partition coefficient (Wildman–Crippen LogP) is 1.59. The summed E-state index contributed by atoms with van der Waals surface area (Å²) in [6.07, 6.45) is 3.05. The second kappa shape index (κ2) is 6.39. The maximum Gasteiger partial charge on any atom is 0.119 e. The molecule has 96 valence electrons. The minimum Gasteiger partial charge on any atom is -0.493 e. The Morgan fingerprint density at radius 1 is 1.39 bits per heavy atom. The van der Waals surface area contributed by atoms with Crippen LogP contribution in [0.1, 0.15) is 24.8 Å². The van der Waals surface area contributed by atoms with Gasteiger partial charge in [-0.05, 0) is 30.5 Å². The number of aliphatic hydroxyl groups is 1. The van der Waals surface area contributed by atoms with Crippen molar-refractivity contribution < 1.29 is 9.84 Å². The van der Waals surface area contributed by atoms with Gasteiger partial charge in [0.2, 0.25) is 0 Å². The van der Waals surface area contributed by atoms with Crippen molar-refractivity contribution in [3.63, 3.8) is 0 Å². The summed E-state index contributed by atoms with van der Waals surface area (Å²) in [4.78, 5) is 0. The van der Waals surface area contributed by atoms with Gasteiger partial charge in [0.25, 0.3) is 0 Å². The summed E-state index contributed by atoms with van der Waals surface area (Å²) in [5.74, 6) is 0.773. The first-order valence-electron chi connectivity index (χ1n) is 6.30. The Morgan fingerprint density at radius 2 is 2.11 bits per heavy atom. The van der Waals surface area contributed by atoms with Gasteiger partial charge < -0.3 is 9.84 Å². The fourth-order valence-electron chi connectivity index (χ4n) is 1.71. The Balaban J connectivity index is 1.71. The van der Waals surface area contributed by atoms with Crippen LogP contribution in [0.4, 0.5) is 0 Å². The van der Waals surface area contributed by atoms with Gasteiger partial charge in [-0.3, -0.25) is 5.32 Å². The monoisotopic (exact) mass is 246 g/mol. The largest absolute Gasteiger partial charge is 0.493 e. The predicted molar refractivity (Wildman–Crippen MR) is 68.0 cm³/mol. The molecule has 0 aromatic heterocycles. The number of ether oxygens (including phenoxy) is 1. The standard InChI is InChI=1S/C14H18N2O2/c15-9-13(16-12-3-4-12)7-8-18-14-5-1-11(10-17)2-6-14/h1-2,5-6,12-13,16-17H,3-4,7-8,10H2. The molecule has 0 radical (unpaired) electrons. The summed E-state index contributed by atoms with van der Waals surface area (Å²) in [6.45, 7) is 0.568. The van der Waals surface area contributed by atoms with Gasteiger partial charge in [0.15, 0.2) is 0 Å². The average Bonchev–Trinajstić information content (AvgIpc) is 3.22. The Labute approximate surface area is 107 Å². The van der Waals surface area contributed by atoms with Gasteiger partial charge in [-0.25, -0.2) is 0 Å². The summed E-state index contributed by atoms with van der Waals surface area (Å²) >= 11 is 0. The van der Waals surface area contributed by atoms with E-state index in [9.17, 15) is 0 Å². The highest BCUT2D eigenvalue weighted by Gasteiger charge is 2.24. The van der Waals surface area contributed by atoms with E-state index in [0.717, 1.165) is 11.3 Å². The molecule has 2 rings (SSSR count). The summed E-state index contributed by atoms with van der Waals surface area (Å²) < 4.78 is 5.57. The molecule has 0 amide bonds. The van der Waals surface area contributed by atoms with Gasteiger partial charge in [-0.1, -0.05) is 12.1 Å². The molecule has 0 heterocycles. The molecule has 0 saturated heterocycles. The molecule has 1 unspecified atom stereocenters. The van der Waals surface area contributed by atoms with Crippen LogP contribution in [0.5, 0.6) is 5.75 Å². The number of aliphatic hydroxyl groups excluding tert-OH is 1. The normalized spacial score (nSPS) is 16.0. The van der Waals surface area contributed by atoms with Crippen molar-refractivity contribution in [1.29, 1.82) is 5.26 Å². The van der Waals surface area contributed by atoms with Crippen LogP contribution in [-0.4, -0.2) is 23.8 Å². The first-order chi connectivity index (χ1) is 8.81. The molecule has 1 aliphatic rings. The van der Waals surface area contributed by atoms with Crippen LogP contribution >= 0.6 is 0 Å². The molecule has 1 fully saturated rings. The minimum absolute atomic E-state index is 0.0437. The second-order valence-electron chi connectivity index (χ2n) is 4.56. The van der Waals surface area contributed by atoms with Crippen molar-refractivity contribution in [2.75, 3.05) is 6.61 Å². The number of rotatable bonds is 7. The second-order valence-corrected chi connectivity index (χ2v) is 4.56. The zero-order valence-corrected chi connectivity index (χ0v) is 10.3. The lowest BCUT2D eigenvalue weighted by Gasteiger charge is -2.11. The lowest BCUT2D eigenvalue weighted by atomic mass is 10.2. The SMILES string of the molecule is N#CC(CCOc1ccc(CO)cc1)NC1CC1. The summed E-state index contributed by atoms with van der Waals surface area (Å²) in [5, 5.41) is 21.2. The van der Waals surface area contributed by atoms with Gasteiger partial charge in [0.05, 0.1) is 25.3 Å². The first-order valence-corrected chi connectivity index (χ1v) is 6.30. The lowest BCUT2D eigenvalue weighted by Crippen LogP contribution is -2.31. The number of nitriles is 1. The third-order valence-corrected chi connectivity index (χ3v) is 2.95. The molecule has 0 aliphatic heterocycles. The third-order valence-electron chi connectivity index (χ3n) is 2.95. The van der Waals surface area contributed by atoms with Gasteiger partial charge >= 0.3 is 0 Å². The zero-order chi connectivity index (χ0) is 12.8. The van der Waals surface area contributed by atoms with Crippen LogP contribution in [0.15, 0.2) is 24.3 Å². The molecule has 2 N–H and O–H groups in total. The molecular weight excluding hydrogens is 228 g/mol. The summed E-state index contributed by atoms with van der Waals surface area (Å²) in [5.41, 5.74) is 0.868. The smallest absolute Gasteiger partial charge is 0.119 e. The summed E-state index contributed by atoms with van der Waals surface area (Å²) in [6, 6.07) is 10.0. The van der Waals surface area contributed by atoms with Crippen LogP contribution in [0.2, 0.25) is 0 Å². The number of benzene rings is 1. The Morgan fingerprint density at radius 3 is 2.67 bits per heavy atom. The van der Waals surface area contributed by atoms with Crippen molar-refractivity contribution in [2.45, 2.75) is 38.0 Å². The molecular formula is C14H18N2O2. The topological polar surface area (TPSA) is 65.3 Å². The number of hydrogen-bond acceptors (Lipinski definition) is 4. The number of nitrogens with zero attached hydrogens (tertiary/aromatic N) is 1. The molecule has 4 nitrogen and oxygen atoms in total. The van der Waals surface area contributed by atoms with Crippen molar-refractivity contribution in [3.8, 4) is 11.8 Å². The van der Waals surface area contributed by atoms with E-state index in [1.165, 1.54) is 12.8 Å². The van der Waals surface area contributed by atoms with Crippen LogP contribution in [-0.2, 0) is 6.61 Å². The highest BCUT2D eigenvalue weighted by Crippen LogP contribution is 2.20. The van der Waals surface area contributed by atoms with E-state index in [4.69, 9.17) is 15.1 Å². The van der Waals surface area contributed by atoms with Gasteiger partial charge in [0.1, 0.15) is 5.75 Å². The van der Waals surface area contributed by atoms with E-state index in [0.29, 0.717) is 19.1 Å². The van der Waals surface area contributed by atoms with E-state index in [1.807, 2.05) is 24.3 Å². The third kappa shape index (κ3) is 4.02. The van der Waals surface area contributed by atoms with Crippen LogP contribution in [0.3, 0.4) is 0 Å². The molecule has 0 spiro atoms. The van der Waals surface area contributed by atoms with E-state index in [1.54, 1.807) is 0 Å². The Kier molecular flexibility index (Phi) is 4.57. The molecule has 4 heteroatoms. The highest BCUT2D eigenvalue weighted by atomic mass is 16.5. The van der Waals surface area contributed by atoms with E-state index < -0.39 is 0 Å². The molecule has 18 heavy (non-hydrogen) atoms. The highest BCUT2D eigenvalue weighted by molar-refractivity contribution is 5.26. The lowest BCUT2D eigenvalue weighted by molar-refractivity contribution is 0.280. The fourth-order valence-corrected chi connectivity index (χ4v) is 1.71. The zero-order valence-electron chi connectivity index (χ0n) is 10.3. The van der Waals surface area contributed by atoms with E-state index >= 15 is 0 Å². The number of hydrogen-bond donors (Lipinski definition) is 2. The molecule has 1 aromatic rings. The molecule has 1 atom stereocenters. The maximum atomic E-state index is 8.97. The van der Waals surface area contributed by atoms with Crippen molar-refractivity contribution in [2.24, 2.45) is 0 Å². The molecule has 1 aliphatic carbocycles. The van der Waals surface area contributed by atoms with Crippen molar-refractivity contribution >= 4 is 0 Å². The Bertz CT molecular complexity index is 407. The van der Waals surface area contributed by atoms with Gasteiger partial charge in [0, 0.05) is 12.5 Å². The van der Waals surface area contributed by atoms with Gasteiger partial charge in [-0.2, -0.15) is 5.26 Å². The Hall–Kier alpha value is -1.57. The van der Waals surface area contributed by atoms with Crippen LogP contribution in [0, 0.1) is 11.3 Å².